The third-order valence-corrected chi connectivity index (χ3v) is 3.22. The maximum absolute atomic E-state index is 13.2. The minimum absolute atomic E-state index is 0.336. The van der Waals surface area contributed by atoms with Crippen molar-refractivity contribution in [3.8, 4) is 17.5 Å². The summed E-state index contributed by atoms with van der Waals surface area (Å²) in [7, 11) is 0. The second kappa shape index (κ2) is 5.98. The van der Waals surface area contributed by atoms with Crippen molar-refractivity contribution >= 4 is 27.7 Å². The zero-order valence-electron chi connectivity index (χ0n) is 9.06. The van der Waals surface area contributed by atoms with E-state index in [1.165, 1.54) is 23.9 Å². The zero-order chi connectivity index (χ0) is 13.0. The van der Waals surface area contributed by atoms with E-state index in [-0.39, 0.29) is 5.82 Å². The van der Waals surface area contributed by atoms with Crippen LogP contribution in [0.25, 0.3) is 11.4 Å². The summed E-state index contributed by atoms with van der Waals surface area (Å²) in [6.45, 7) is 0. The summed E-state index contributed by atoms with van der Waals surface area (Å²) in [5.74, 6) is 1.22. The van der Waals surface area contributed by atoms with Gasteiger partial charge in [-0.2, -0.15) is 10.2 Å². The van der Waals surface area contributed by atoms with Crippen molar-refractivity contribution in [3.63, 3.8) is 0 Å². The fraction of sp³-hybridized carbons (Fsp3) is 0.182. The Hall–Kier alpha value is -1.39. The van der Waals surface area contributed by atoms with Gasteiger partial charge in [-0.25, -0.2) is 4.39 Å². The molecule has 18 heavy (non-hydrogen) atoms. The fourth-order valence-corrected chi connectivity index (χ4v) is 2.25. The minimum Gasteiger partial charge on any atom is -0.338 e. The van der Waals surface area contributed by atoms with Gasteiger partial charge in [-0.1, -0.05) is 21.1 Å². The molecule has 0 aliphatic heterocycles. The van der Waals surface area contributed by atoms with Crippen LogP contribution in [0.5, 0.6) is 0 Å². The summed E-state index contributed by atoms with van der Waals surface area (Å²) in [6, 6.07) is 6.41. The molecule has 0 aliphatic carbocycles. The first kappa shape index (κ1) is 13.1. The molecule has 92 valence electrons. The van der Waals surface area contributed by atoms with Crippen molar-refractivity contribution in [2.75, 3.05) is 5.75 Å². The molecule has 7 heteroatoms. The van der Waals surface area contributed by atoms with E-state index in [0.717, 1.165) is 0 Å². The van der Waals surface area contributed by atoms with Crippen LogP contribution >= 0.6 is 27.7 Å². The van der Waals surface area contributed by atoms with Crippen molar-refractivity contribution in [2.24, 2.45) is 0 Å². The van der Waals surface area contributed by atoms with Gasteiger partial charge in [0.1, 0.15) is 5.82 Å². The van der Waals surface area contributed by atoms with Crippen molar-refractivity contribution < 1.29 is 8.91 Å². The maximum atomic E-state index is 13.2. The van der Waals surface area contributed by atoms with Crippen LogP contribution in [0.4, 0.5) is 4.39 Å². The van der Waals surface area contributed by atoms with Gasteiger partial charge in [-0.15, -0.1) is 11.8 Å². The molecule has 0 fully saturated rings. The largest absolute Gasteiger partial charge is 0.338 e. The third-order valence-electron chi connectivity index (χ3n) is 1.98. The van der Waals surface area contributed by atoms with Gasteiger partial charge < -0.3 is 4.52 Å². The van der Waals surface area contributed by atoms with E-state index < -0.39 is 0 Å². The lowest BCUT2D eigenvalue weighted by Crippen LogP contribution is -1.85. The molecule has 4 nitrogen and oxygen atoms in total. The Morgan fingerprint density at radius 1 is 1.44 bits per heavy atom. The van der Waals surface area contributed by atoms with Gasteiger partial charge in [-0.05, 0) is 18.2 Å². The number of nitrogens with zero attached hydrogens (tertiary/aromatic N) is 3. The van der Waals surface area contributed by atoms with E-state index in [0.29, 0.717) is 33.3 Å². The SMILES string of the molecule is N#CCSCc1nc(-c2cc(F)cc(Br)c2)no1. The van der Waals surface area contributed by atoms with Crippen LogP contribution in [-0.4, -0.2) is 15.9 Å². The second-order valence-electron chi connectivity index (χ2n) is 3.32. The van der Waals surface area contributed by atoms with E-state index in [1.807, 2.05) is 6.07 Å². The molecular weight excluding hydrogens is 321 g/mol. The zero-order valence-corrected chi connectivity index (χ0v) is 11.5. The number of aromatic nitrogens is 2. The monoisotopic (exact) mass is 327 g/mol. The highest BCUT2D eigenvalue weighted by Crippen LogP contribution is 2.23. The number of thioether (sulfide) groups is 1. The summed E-state index contributed by atoms with van der Waals surface area (Å²) in [5.41, 5.74) is 0.544. The molecule has 1 aromatic carbocycles. The summed E-state index contributed by atoms with van der Waals surface area (Å²) in [6.07, 6.45) is 0. The number of rotatable bonds is 4. The molecule has 1 heterocycles. The van der Waals surface area contributed by atoms with Crippen LogP contribution in [0.3, 0.4) is 0 Å². The van der Waals surface area contributed by atoms with Gasteiger partial charge in [0, 0.05) is 10.0 Å². The molecule has 0 N–H and O–H groups in total. The summed E-state index contributed by atoms with van der Waals surface area (Å²) in [4.78, 5) is 4.14. The third kappa shape index (κ3) is 3.31. The van der Waals surface area contributed by atoms with Gasteiger partial charge in [0.15, 0.2) is 0 Å². The number of nitriles is 1. The Morgan fingerprint density at radius 2 is 2.28 bits per heavy atom. The van der Waals surface area contributed by atoms with Crippen LogP contribution < -0.4 is 0 Å². The topological polar surface area (TPSA) is 62.7 Å². The molecular formula is C11H7BrFN3OS. The summed E-state index contributed by atoms with van der Waals surface area (Å²) >= 11 is 4.58. The van der Waals surface area contributed by atoms with Crippen LogP contribution in [0.2, 0.25) is 0 Å². The van der Waals surface area contributed by atoms with Crippen LogP contribution in [0.1, 0.15) is 5.89 Å². The highest BCUT2D eigenvalue weighted by Gasteiger charge is 2.10. The molecule has 2 rings (SSSR count). The Labute approximate surface area is 115 Å². The normalized spacial score (nSPS) is 10.3. The molecule has 0 radical (unpaired) electrons. The van der Waals surface area contributed by atoms with E-state index in [1.54, 1.807) is 6.07 Å². The van der Waals surface area contributed by atoms with Crippen molar-refractivity contribution in [1.29, 1.82) is 5.26 Å². The Bertz CT molecular complexity index is 576. The number of halogens is 2. The second-order valence-corrected chi connectivity index (χ2v) is 5.22. The molecule has 0 amide bonds. The predicted octanol–water partition coefficient (Wildman–Crippen LogP) is 3.39. The van der Waals surface area contributed by atoms with Crippen molar-refractivity contribution in [2.45, 2.75) is 5.75 Å². The van der Waals surface area contributed by atoms with Gasteiger partial charge in [0.05, 0.1) is 17.6 Å². The Kier molecular flexibility index (Phi) is 4.33. The van der Waals surface area contributed by atoms with Crippen molar-refractivity contribution in [3.05, 3.63) is 34.4 Å². The molecule has 0 spiro atoms. The first-order chi connectivity index (χ1) is 8.69. The molecule has 0 saturated carbocycles. The molecule has 2 aromatic rings. The van der Waals surface area contributed by atoms with E-state index in [4.69, 9.17) is 9.78 Å². The lowest BCUT2D eigenvalue weighted by Gasteiger charge is -1.96. The quantitative estimate of drug-likeness (QED) is 0.805. The average molecular weight is 328 g/mol. The van der Waals surface area contributed by atoms with Crippen molar-refractivity contribution in [1.82, 2.24) is 10.1 Å². The Balaban J connectivity index is 2.16. The lowest BCUT2D eigenvalue weighted by atomic mass is 10.2. The fourth-order valence-electron chi connectivity index (χ4n) is 1.30. The summed E-state index contributed by atoms with van der Waals surface area (Å²) in [5, 5.41) is 12.2. The lowest BCUT2D eigenvalue weighted by molar-refractivity contribution is 0.391. The predicted molar refractivity (Wildman–Crippen MR) is 69.2 cm³/mol. The maximum Gasteiger partial charge on any atom is 0.236 e. The molecule has 0 unspecified atom stereocenters. The van der Waals surface area contributed by atoms with Crippen LogP contribution in [0.15, 0.2) is 27.2 Å². The van der Waals surface area contributed by atoms with Gasteiger partial charge in [-0.3, -0.25) is 0 Å². The number of hydrogen-bond donors (Lipinski definition) is 0. The number of hydrogen-bond acceptors (Lipinski definition) is 5. The van der Waals surface area contributed by atoms with E-state index >= 15 is 0 Å². The number of benzene rings is 1. The first-order valence-electron chi connectivity index (χ1n) is 4.93. The highest BCUT2D eigenvalue weighted by molar-refractivity contribution is 9.10. The van der Waals surface area contributed by atoms with Crippen LogP contribution in [0, 0.1) is 17.1 Å². The average Bonchev–Trinajstić information content (AvgIpc) is 2.77. The minimum atomic E-state index is -0.371. The standard InChI is InChI=1S/C11H7BrFN3OS/c12-8-3-7(4-9(13)5-8)11-15-10(17-16-11)6-18-2-1-14/h3-5H,2,6H2. The molecule has 0 saturated heterocycles. The van der Waals surface area contributed by atoms with Gasteiger partial charge in [0.25, 0.3) is 0 Å². The highest BCUT2D eigenvalue weighted by atomic mass is 79.9. The first-order valence-corrected chi connectivity index (χ1v) is 6.87. The summed E-state index contributed by atoms with van der Waals surface area (Å²) < 4.78 is 18.8. The smallest absolute Gasteiger partial charge is 0.236 e. The molecule has 0 aliphatic rings. The molecule has 0 atom stereocenters. The van der Waals surface area contributed by atoms with Gasteiger partial charge >= 0.3 is 0 Å². The Morgan fingerprint density at radius 3 is 3.00 bits per heavy atom. The van der Waals surface area contributed by atoms with E-state index in [2.05, 4.69) is 26.1 Å². The van der Waals surface area contributed by atoms with Gasteiger partial charge in [0.2, 0.25) is 11.7 Å². The molecule has 0 bridgehead atoms. The van der Waals surface area contributed by atoms with Crippen LogP contribution in [-0.2, 0) is 5.75 Å². The molecule has 1 aromatic heterocycles. The van der Waals surface area contributed by atoms with E-state index in [9.17, 15) is 4.39 Å².